The van der Waals surface area contributed by atoms with Gasteiger partial charge in [-0.2, -0.15) is 0 Å². The number of nitrogens with zero attached hydrogens (tertiary/aromatic N) is 2. The van der Waals surface area contributed by atoms with Crippen molar-refractivity contribution in [2.24, 2.45) is 16.6 Å². The summed E-state index contributed by atoms with van der Waals surface area (Å²) in [5.41, 5.74) is 6.90. The lowest BCUT2D eigenvalue weighted by molar-refractivity contribution is 0.115. The smallest absolute Gasteiger partial charge is 0.196 e. The van der Waals surface area contributed by atoms with Gasteiger partial charge in [0.1, 0.15) is 5.75 Å². The predicted molar refractivity (Wildman–Crippen MR) is 81.4 cm³/mol. The van der Waals surface area contributed by atoms with Crippen molar-refractivity contribution in [1.29, 1.82) is 0 Å². The van der Waals surface area contributed by atoms with Gasteiger partial charge in [0, 0.05) is 12.8 Å². The van der Waals surface area contributed by atoms with Gasteiger partial charge in [-0.1, -0.05) is 13.8 Å². The highest BCUT2D eigenvalue weighted by Crippen LogP contribution is 2.35. The average Bonchev–Trinajstić information content (AvgIpc) is 2.78. The molecule has 0 fully saturated rings. The molecule has 0 bridgehead atoms. The van der Waals surface area contributed by atoms with Crippen LogP contribution in [0.15, 0.2) is 29.3 Å². The van der Waals surface area contributed by atoms with Crippen molar-refractivity contribution in [3.8, 4) is 5.75 Å². The molecule has 0 radical (unpaired) electrons. The number of guanidine groups is 1. The van der Waals surface area contributed by atoms with Crippen molar-refractivity contribution in [1.82, 2.24) is 0 Å². The summed E-state index contributed by atoms with van der Waals surface area (Å²) in [6.07, 6.45) is 0. The number of aliphatic imine (C=N–C) groups is 1. The van der Waals surface area contributed by atoms with Crippen LogP contribution in [0.3, 0.4) is 0 Å². The third-order valence-corrected chi connectivity index (χ3v) is 3.99. The predicted octanol–water partition coefficient (Wildman–Crippen LogP) is 1.87. The van der Waals surface area contributed by atoms with Crippen molar-refractivity contribution in [2.45, 2.75) is 19.4 Å². The minimum absolute atomic E-state index is 0.229. The molecule has 110 valence electrons. The molecule has 0 saturated heterocycles. The molecule has 20 heavy (non-hydrogen) atoms. The van der Waals surface area contributed by atoms with Gasteiger partial charge in [-0.25, -0.2) is 0 Å². The third-order valence-electron chi connectivity index (χ3n) is 3.99. The van der Waals surface area contributed by atoms with E-state index in [9.17, 15) is 0 Å². The molecule has 1 aliphatic rings. The van der Waals surface area contributed by atoms with E-state index in [2.05, 4.69) is 23.7 Å². The standard InChI is InChI=1S/C15H23N3O2/c1-11(2)15(10-19-3)9-17-14(16)18(15)12-5-7-13(20-4)8-6-12/h5-8,11H,9-10H2,1-4H3,(H2,16,17). The minimum atomic E-state index is -0.229. The van der Waals surface area contributed by atoms with Crippen LogP contribution in [0.5, 0.6) is 5.75 Å². The van der Waals surface area contributed by atoms with Gasteiger partial charge in [0.15, 0.2) is 5.96 Å². The van der Waals surface area contributed by atoms with Crippen molar-refractivity contribution in [2.75, 3.05) is 32.3 Å². The topological polar surface area (TPSA) is 60.1 Å². The first-order chi connectivity index (χ1) is 9.55. The highest BCUT2D eigenvalue weighted by atomic mass is 16.5. The second kappa shape index (κ2) is 5.71. The second-order valence-corrected chi connectivity index (χ2v) is 5.40. The molecule has 0 aromatic heterocycles. The summed E-state index contributed by atoms with van der Waals surface area (Å²) in [5.74, 6) is 1.72. The van der Waals surface area contributed by atoms with E-state index in [1.807, 2.05) is 24.3 Å². The molecule has 0 spiro atoms. The molecule has 0 aliphatic carbocycles. The van der Waals surface area contributed by atoms with Gasteiger partial charge >= 0.3 is 0 Å². The Hall–Kier alpha value is -1.75. The summed E-state index contributed by atoms with van der Waals surface area (Å²) in [5, 5.41) is 0. The molecule has 5 nitrogen and oxygen atoms in total. The number of nitrogens with two attached hydrogens (primary N) is 1. The first-order valence-corrected chi connectivity index (χ1v) is 6.78. The lowest BCUT2D eigenvalue weighted by atomic mass is 9.85. The molecule has 1 unspecified atom stereocenters. The van der Waals surface area contributed by atoms with Crippen molar-refractivity contribution >= 4 is 11.6 Å². The van der Waals surface area contributed by atoms with E-state index in [-0.39, 0.29) is 5.54 Å². The van der Waals surface area contributed by atoms with Crippen LogP contribution < -0.4 is 15.4 Å². The Kier molecular flexibility index (Phi) is 4.18. The number of benzene rings is 1. The maximum atomic E-state index is 6.11. The summed E-state index contributed by atoms with van der Waals surface area (Å²) in [4.78, 5) is 6.52. The fourth-order valence-electron chi connectivity index (χ4n) is 2.68. The SMILES string of the molecule is COCC1(C(C)C)CN=C(N)N1c1ccc(OC)cc1. The summed E-state index contributed by atoms with van der Waals surface area (Å²) >= 11 is 0. The molecular weight excluding hydrogens is 254 g/mol. The summed E-state index contributed by atoms with van der Waals surface area (Å²) in [7, 11) is 3.37. The fraction of sp³-hybridized carbons (Fsp3) is 0.533. The Morgan fingerprint density at radius 2 is 1.95 bits per heavy atom. The van der Waals surface area contributed by atoms with Gasteiger partial charge in [0.25, 0.3) is 0 Å². The monoisotopic (exact) mass is 277 g/mol. The van der Waals surface area contributed by atoms with Crippen LogP contribution in [0.1, 0.15) is 13.8 Å². The van der Waals surface area contributed by atoms with Crippen LogP contribution in [-0.4, -0.2) is 38.9 Å². The molecule has 1 aromatic carbocycles. The highest BCUT2D eigenvalue weighted by Gasteiger charge is 2.45. The summed E-state index contributed by atoms with van der Waals surface area (Å²) in [6.45, 7) is 5.57. The van der Waals surface area contributed by atoms with Gasteiger partial charge in [-0.15, -0.1) is 0 Å². The number of anilines is 1. The van der Waals surface area contributed by atoms with Gasteiger partial charge in [-0.3, -0.25) is 4.99 Å². The van der Waals surface area contributed by atoms with Crippen LogP contribution >= 0.6 is 0 Å². The quantitative estimate of drug-likeness (QED) is 0.892. The molecule has 1 aromatic rings. The summed E-state index contributed by atoms with van der Waals surface area (Å²) < 4.78 is 10.6. The Bertz CT molecular complexity index is 484. The molecule has 2 rings (SSSR count). The largest absolute Gasteiger partial charge is 0.497 e. The minimum Gasteiger partial charge on any atom is -0.497 e. The number of methoxy groups -OCH3 is 2. The van der Waals surface area contributed by atoms with Gasteiger partial charge < -0.3 is 20.1 Å². The van der Waals surface area contributed by atoms with E-state index in [1.54, 1.807) is 14.2 Å². The Morgan fingerprint density at radius 1 is 1.30 bits per heavy atom. The van der Waals surface area contributed by atoms with Crippen LogP contribution in [-0.2, 0) is 4.74 Å². The van der Waals surface area contributed by atoms with Gasteiger partial charge in [0.2, 0.25) is 0 Å². The average molecular weight is 277 g/mol. The molecule has 5 heteroatoms. The van der Waals surface area contributed by atoms with Crippen LogP contribution in [0, 0.1) is 5.92 Å². The third kappa shape index (κ3) is 2.33. The van der Waals surface area contributed by atoms with Crippen molar-refractivity contribution in [3.05, 3.63) is 24.3 Å². The number of hydrogen-bond acceptors (Lipinski definition) is 5. The summed E-state index contributed by atoms with van der Waals surface area (Å²) in [6, 6.07) is 7.86. The normalized spacial score (nSPS) is 22.2. The lowest BCUT2D eigenvalue weighted by Gasteiger charge is -2.42. The Labute approximate surface area is 120 Å². The zero-order chi connectivity index (χ0) is 14.8. The molecule has 1 atom stereocenters. The molecule has 1 heterocycles. The Balaban J connectivity index is 2.40. The first-order valence-electron chi connectivity index (χ1n) is 6.78. The number of hydrogen-bond donors (Lipinski definition) is 1. The van der Waals surface area contributed by atoms with Crippen molar-refractivity contribution in [3.63, 3.8) is 0 Å². The van der Waals surface area contributed by atoms with E-state index in [1.165, 1.54) is 0 Å². The van der Waals surface area contributed by atoms with Crippen LogP contribution in [0.4, 0.5) is 5.69 Å². The van der Waals surface area contributed by atoms with E-state index >= 15 is 0 Å². The maximum Gasteiger partial charge on any atom is 0.196 e. The molecule has 0 saturated carbocycles. The molecule has 2 N–H and O–H groups in total. The fourth-order valence-corrected chi connectivity index (χ4v) is 2.68. The van der Waals surface area contributed by atoms with Crippen LogP contribution in [0.25, 0.3) is 0 Å². The van der Waals surface area contributed by atoms with Crippen molar-refractivity contribution < 1.29 is 9.47 Å². The van der Waals surface area contributed by atoms with Gasteiger partial charge in [-0.05, 0) is 30.2 Å². The van der Waals surface area contributed by atoms with Crippen LogP contribution in [0.2, 0.25) is 0 Å². The maximum absolute atomic E-state index is 6.11. The zero-order valence-corrected chi connectivity index (χ0v) is 12.6. The van der Waals surface area contributed by atoms with E-state index < -0.39 is 0 Å². The number of ether oxygens (including phenoxy) is 2. The second-order valence-electron chi connectivity index (χ2n) is 5.40. The van der Waals surface area contributed by atoms with Gasteiger partial charge in [0.05, 0.1) is 25.8 Å². The highest BCUT2D eigenvalue weighted by molar-refractivity contribution is 5.98. The Morgan fingerprint density at radius 3 is 2.45 bits per heavy atom. The zero-order valence-electron chi connectivity index (χ0n) is 12.6. The molecule has 1 aliphatic heterocycles. The molecule has 0 amide bonds. The lowest BCUT2D eigenvalue weighted by Crippen LogP contribution is -2.58. The molecular formula is C15H23N3O2. The van der Waals surface area contributed by atoms with E-state index in [0.717, 1.165) is 11.4 Å². The van der Waals surface area contributed by atoms with E-state index in [4.69, 9.17) is 15.2 Å². The number of rotatable bonds is 5. The first kappa shape index (κ1) is 14.7. The van der Waals surface area contributed by atoms with E-state index in [0.29, 0.717) is 25.0 Å².